The van der Waals surface area contributed by atoms with E-state index < -0.39 is 6.10 Å². The third-order valence-electron chi connectivity index (χ3n) is 6.79. The number of benzene rings is 1. The zero-order valence-corrected chi connectivity index (χ0v) is 20.0. The van der Waals surface area contributed by atoms with Crippen molar-refractivity contribution in [3.63, 3.8) is 0 Å². The molecule has 29 heavy (non-hydrogen) atoms. The molecule has 0 spiro atoms. The van der Waals surface area contributed by atoms with Crippen LogP contribution in [0.15, 0.2) is 30.3 Å². The number of nitrogens with zero attached hydrogens (tertiary/aromatic N) is 1. The second-order valence-electron chi connectivity index (χ2n) is 9.69. The number of hydrogen-bond acceptors (Lipinski definition) is 1. The highest BCUT2D eigenvalue weighted by atomic mass is 16.3. The number of rotatable bonds is 18. The van der Waals surface area contributed by atoms with Crippen molar-refractivity contribution in [2.45, 2.75) is 116 Å². The predicted octanol–water partition coefficient (Wildman–Crippen LogP) is 7.67. The maximum Gasteiger partial charge on any atom is 0.130 e. The molecule has 0 heterocycles. The van der Waals surface area contributed by atoms with Crippen LogP contribution in [0.1, 0.15) is 115 Å². The standard InChI is InChI=1S/C27H50NO/c1-5-6-7-8-9-10-11-12-13-14-15-16-17-21-24-28(3,4)25(2)27(29)26-22-19-18-20-23-26/h18-20,22-23,25,27,29H,5-17,21,24H2,1-4H3/q+1. The van der Waals surface area contributed by atoms with Gasteiger partial charge in [0.2, 0.25) is 0 Å². The first-order valence-corrected chi connectivity index (χ1v) is 12.5. The van der Waals surface area contributed by atoms with E-state index in [1.54, 1.807) is 0 Å². The lowest BCUT2D eigenvalue weighted by Gasteiger charge is -2.38. The largest absolute Gasteiger partial charge is 0.382 e. The number of aliphatic hydroxyl groups is 1. The first-order valence-electron chi connectivity index (χ1n) is 12.5. The molecule has 0 aromatic heterocycles. The molecule has 0 aliphatic heterocycles. The molecule has 1 rings (SSSR count). The van der Waals surface area contributed by atoms with Gasteiger partial charge in [0.1, 0.15) is 12.1 Å². The Bertz CT molecular complexity index is 485. The van der Waals surface area contributed by atoms with Crippen molar-refractivity contribution in [1.29, 1.82) is 0 Å². The van der Waals surface area contributed by atoms with Crippen LogP contribution in [-0.2, 0) is 0 Å². The molecule has 168 valence electrons. The summed E-state index contributed by atoms with van der Waals surface area (Å²) in [5.74, 6) is 0. The lowest BCUT2D eigenvalue weighted by molar-refractivity contribution is -0.917. The van der Waals surface area contributed by atoms with Gasteiger partial charge in [-0.2, -0.15) is 0 Å². The summed E-state index contributed by atoms with van der Waals surface area (Å²) in [7, 11) is 4.53. The Hall–Kier alpha value is -0.860. The van der Waals surface area contributed by atoms with E-state index in [4.69, 9.17) is 0 Å². The molecular weight excluding hydrogens is 354 g/mol. The molecule has 2 nitrogen and oxygen atoms in total. The Morgan fingerprint density at radius 3 is 1.55 bits per heavy atom. The van der Waals surface area contributed by atoms with Gasteiger partial charge in [-0.25, -0.2) is 0 Å². The first kappa shape index (κ1) is 26.2. The maximum atomic E-state index is 10.7. The highest BCUT2D eigenvalue weighted by Crippen LogP contribution is 2.24. The zero-order chi connectivity index (χ0) is 21.4. The smallest absolute Gasteiger partial charge is 0.130 e. The summed E-state index contributed by atoms with van der Waals surface area (Å²) in [5.41, 5.74) is 1.03. The maximum absolute atomic E-state index is 10.7. The van der Waals surface area contributed by atoms with Gasteiger partial charge in [-0.3, -0.25) is 0 Å². The lowest BCUT2D eigenvalue weighted by atomic mass is 10.0. The van der Waals surface area contributed by atoms with Crippen LogP contribution in [0.25, 0.3) is 0 Å². The van der Waals surface area contributed by atoms with Crippen LogP contribution in [0.3, 0.4) is 0 Å². The Balaban J connectivity index is 2.02. The van der Waals surface area contributed by atoms with Crippen molar-refractivity contribution in [3.05, 3.63) is 35.9 Å². The molecule has 0 saturated heterocycles. The van der Waals surface area contributed by atoms with E-state index in [0.717, 1.165) is 16.6 Å². The third kappa shape index (κ3) is 11.8. The van der Waals surface area contributed by atoms with Crippen molar-refractivity contribution in [2.75, 3.05) is 20.6 Å². The number of unbranched alkanes of at least 4 members (excludes halogenated alkanes) is 13. The summed E-state index contributed by atoms with van der Waals surface area (Å²) in [5, 5.41) is 10.7. The normalized spacial score (nSPS) is 14.1. The van der Waals surface area contributed by atoms with E-state index >= 15 is 0 Å². The molecule has 2 unspecified atom stereocenters. The number of quaternary nitrogens is 1. The Morgan fingerprint density at radius 1 is 0.690 bits per heavy atom. The number of aliphatic hydroxyl groups excluding tert-OH is 1. The van der Waals surface area contributed by atoms with E-state index in [-0.39, 0.29) is 6.04 Å². The molecule has 0 aliphatic carbocycles. The fourth-order valence-electron chi connectivity index (χ4n) is 4.23. The molecule has 1 aromatic carbocycles. The minimum Gasteiger partial charge on any atom is -0.382 e. The quantitative estimate of drug-likeness (QED) is 0.197. The Labute approximate surface area is 182 Å². The second kappa shape index (κ2) is 15.9. The van der Waals surface area contributed by atoms with Gasteiger partial charge >= 0.3 is 0 Å². The molecule has 0 radical (unpaired) electrons. The van der Waals surface area contributed by atoms with E-state index in [2.05, 4.69) is 27.9 Å². The average molecular weight is 405 g/mol. The molecule has 0 bridgehead atoms. The zero-order valence-electron chi connectivity index (χ0n) is 20.0. The molecule has 2 heteroatoms. The Kier molecular flexibility index (Phi) is 14.4. The lowest BCUT2D eigenvalue weighted by Crippen LogP contribution is -2.50. The molecular formula is C27H50NO+. The SMILES string of the molecule is CCCCCCCCCCCCCCCC[N+](C)(C)C(C)C(O)c1ccccc1. The summed E-state index contributed by atoms with van der Waals surface area (Å²) in [4.78, 5) is 0. The van der Waals surface area contributed by atoms with Crippen LogP contribution in [0, 0.1) is 0 Å². The predicted molar refractivity (Wildman–Crippen MR) is 128 cm³/mol. The Morgan fingerprint density at radius 2 is 1.10 bits per heavy atom. The highest BCUT2D eigenvalue weighted by molar-refractivity contribution is 5.18. The minimum absolute atomic E-state index is 0.208. The van der Waals surface area contributed by atoms with Crippen molar-refractivity contribution in [1.82, 2.24) is 0 Å². The van der Waals surface area contributed by atoms with Crippen LogP contribution < -0.4 is 0 Å². The highest BCUT2D eigenvalue weighted by Gasteiger charge is 2.30. The van der Waals surface area contributed by atoms with Crippen molar-refractivity contribution >= 4 is 0 Å². The molecule has 0 fully saturated rings. The number of likely N-dealkylation sites (N-methyl/N-ethyl adjacent to an activating group) is 1. The fourth-order valence-corrected chi connectivity index (χ4v) is 4.23. The van der Waals surface area contributed by atoms with E-state index in [9.17, 15) is 5.11 Å². The van der Waals surface area contributed by atoms with Gasteiger partial charge in [0.15, 0.2) is 0 Å². The van der Waals surface area contributed by atoms with Crippen molar-refractivity contribution in [2.24, 2.45) is 0 Å². The van der Waals surface area contributed by atoms with Crippen molar-refractivity contribution in [3.8, 4) is 0 Å². The van der Waals surface area contributed by atoms with Crippen LogP contribution in [-0.4, -0.2) is 36.3 Å². The van der Waals surface area contributed by atoms with E-state index in [1.807, 2.05) is 30.3 Å². The molecule has 0 aliphatic rings. The third-order valence-corrected chi connectivity index (χ3v) is 6.79. The van der Waals surface area contributed by atoms with Gasteiger partial charge in [0.25, 0.3) is 0 Å². The molecule has 2 atom stereocenters. The van der Waals surface area contributed by atoms with Crippen LogP contribution in [0.5, 0.6) is 0 Å². The van der Waals surface area contributed by atoms with Gasteiger partial charge in [-0.15, -0.1) is 0 Å². The molecule has 0 amide bonds. The fraction of sp³-hybridized carbons (Fsp3) is 0.778. The number of hydrogen-bond donors (Lipinski definition) is 1. The van der Waals surface area contributed by atoms with Gasteiger partial charge in [0.05, 0.1) is 20.6 Å². The van der Waals surface area contributed by atoms with E-state index in [0.29, 0.717) is 0 Å². The summed E-state index contributed by atoms with van der Waals surface area (Å²) < 4.78 is 0.883. The monoisotopic (exact) mass is 404 g/mol. The van der Waals surface area contributed by atoms with Crippen LogP contribution in [0.4, 0.5) is 0 Å². The summed E-state index contributed by atoms with van der Waals surface area (Å²) >= 11 is 0. The topological polar surface area (TPSA) is 20.2 Å². The van der Waals surface area contributed by atoms with Gasteiger partial charge in [-0.05, 0) is 25.3 Å². The second-order valence-corrected chi connectivity index (χ2v) is 9.69. The van der Waals surface area contributed by atoms with E-state index in [1.165, 1.54) is 89.9 Å². The van der Waals surface area contributed by atoms with Crippen LogP contribution in [0.2, 0.25) is 0 Å². The van der Waals surface area contributed by atoms with Crippen LogP contribution >= 0.6 is 0 Å². The van der Waals surface area contributed by atoms with Gasteiger partial charge < -0.3 is 9.59 Å². The van der Waals surface area contributed by atoms with Gasteiger partial charge in [0, 0.05) is 0 Å². The summed E-state index contributed by atoms with van der Waals surface area (Å²) in [6.45, 7) is 5.61. The average Bonchev–Trinajstić information content (AvgIpc) is 2.73. The van der Waals surface area contributed by atoms with Crippen molar-refractivity contribution < 1.29 is 9.59 Å². The summed E-state index contributed by atoms with van der Waals surface area (Å²) in [6.07, 6.45) is 19.2. The summed E-state index contributed by atoms with van der Waals surface area (Å²) in [6, 6.07) is 10.3. The van der Waals surface area contributed by atoms with Gasteiger partial charge in [-0.1, -0.05) is 114 Å². The molecule has 1 aromatic rings. The first-order chi connectivity index (χ1) is 14.0. The minimum atomic E-state index is -0.391. The molecule has 1 N–H and O–H groups in total. The molecule has 0 saturated carbocycles.